The molecule has 158 valence electrons. The first-order chi connectivity index (χ1) is 15.0. The van der Waals surface area contributed by atoms with Crippen LogP contribution in [0.1, 0.15) is 43.0 Å². The molecule has 0 aliphatic carbocycles. The highest BCUT2D eigenvalue weighted by Crippen LogP contribution is 2.19. The summed E-state index contributed by atoms with van der Waals surface area (Å²) in [5.74, 6) is -0.172. The fourth-order valence-corrected chi connectivity index (χ4v) is 4.04. The van der Waals surface area contributed by atoms with Crippen molar-refractivity contribution >= 4 is 11.7 Å². The van der Waals surface area contributed by atoms with E-state index in [1.165, 1.54) is 11.1 Å². The van der Waals surface area contributed by atoms with Crippen molar-refractivity contribution in [3.05, 3.63) is 106 Å². The first-order valence-electron chi connectivity index (χ1n) is 10.8. The first kappa shape index (κ1) is 21.0. The second-order valence-corrected chi connectivity index (χ2v) is 8.24. The number of hydrogen-bond acceptors (Lipinski definition) is 3. The van der Waals surface area contributed by atoms with Crippen LogP contribution in [0.15, 0.2) is 72.8 Å². The summed E-state index contributed by atoms with van der Waals surface area (Å²) in [6.07, 6.45) is 0. The molecule has 0 atom stereocenters. The van der Waals surface area contributed by atoms with Gasteiger partial charge in [-0.2, -0.15) is 0 Å². The number of ketones is 1. The van der Waals surface area contributed by atoms with Gasteiger partial charge in [-0.05, 0) is 31.0 Å². The van der Waals surface area contributed by atoms with Gasteiger partial charge in [0.15, 0.2) is 5.78 Å². The Morgan fingerprint density at radius 1 is 0.742 bits per heavy atom. The molecule has 4 heteroatoms. The van der Waals surface area contributed by atoms with E-state index in [-0.39, 0.29) is 11.7 Å². The van der Waals surface area contributed by atoms with Gasteiger partial charge in [-0.25, -0.2) is 0 Å². The molecular weight excluding hydrogens is 384 g/mol. The van der Waals surface area contributed by atoms with Gasteiger partial charge in [0.2, 0.25) is 0 Å². The molecule has 31 heavy (non-hydrogen) atoms. The second-order valence-electron chi connectivity index (χ2n) is 8.24. The Bertz CT molecular complexity index is 1080. The van der Waals surface area contributed by atoms with E-state index in [1.54, 1.807) is 12.1 Å². The molecule has 4 nitrogen and oxygen atoms in total. The van der Waals surface area contributed by atoms with Crippen molar-refractivity contribution in [3.8, 4) is 0 Å². The van der Waals surface area contributed by atoms with Crippen LogP contribution < -0.4 is 0 Å². The molecule has 1 saturated heterocycles. The molecule has 1 aliphatic rings. The second kappa shape index (κ2) is 9.27. The van der Waals surface area contributed by atoms with Gasteiger partial charge >= 0.3 is 0 Å². The Morgan fingerprint density at radius 3 is 2.03 bits per heavy atom. The number of rotatable bonds is 5. The SMILES string of the molecule is Cc1ccc(C(=O)c2ccccc2C(=O)N2CCN(Cc3ccccc3C)CC2)cc1. The number of hydrogen-bond donors (Lipinski definition) is 0. The van der Waals surface area contributed by atoms with Gasteiger partial charge in [-0.15, -0.1) is 0 Å². The van der Waals surface area contributed by atoms with Gasteiger partial charge in [-0.3, -0.25) is 14.5 Å². The highest BCUT2D eigenvalue weighted by atomic mass is 16.2. The zero-order valence-corrected chi connectivity index (χ0v) is 18.2. The van der Waals surface area contributed by atoms with Gasteiger partial charge in [0.1, 0.15) is 0 Å². The van der Waals surface area contributed by atoms with E-state index in [0.29, 0.717) is 29.8 Å². The van der Waals surface area contributed by atoms with Crippen LogP contribution >= 0.6 is 0 Å². The quantitative estimate of drug-likeness (QED) is 0.580. The van der Waals surface area contributed by atoms with Crippen molar-refractivity contribution in [2.45, 2.75) is 20.4 Å². The molecule has 1 heterocycles. The maximum Gasteiger partial charge on any atom is 0.254 e. The van der Waals surface area contributed by atoms with Gasteiger partial charge in [0, 0.05) is 43.9 Å². The normalized spacial score (nSPS) is 14.5. The van der Waals surface area contributed by atoms with Crippen LogP contribution in [0.2, 0.25) is 0 Å². The molecule has 0 spiro atoms. The fourth-order valence-electron chi connectivity index (χ4n) is 4.04. The average molecular weight is 413 g/mol. The van der Waals surface area contributed by atoms with Crippen LogP contribution in [0.3, 0.4) is 0 Å². The molecule has 0 aromatic heterocycles. The van der Waals surface area contributed by atoms with Crippen molar-refractivity contribution in [1.82, 2.24) is 9.80 Å². The lowest BCUT2D eigenvalue weighted by molar-refractivity contribution is 0.0625. The van der Waals surface area contributed by atoms with Gasteiger partial charge in [0.25, 0.3) is 5.91 Å². The van der Waals surface area contributed by atoms with E-state index in [1.807, 2.05) is 48.2 Å². The molecule has 3 aromatic rings. The summed E-state index contributed by atoms with van der Waals surface area (Å²) in [5.41, 5.74) is 5.29. The molecule has 0 saturated carbocycles. The van der Waals surface area contributed by atoms with Gasteiger partial charge in [-0.1, -0.05) is 72.3 Å². The lowest BCUT2D eigenvalue weighted by Crippen LogP contribution is -2.48. The Balaban J connectivity index is 1.45. The predicted molar refractivity (Wildman–Crippen MR) is 123 cm³/mol. The van der Waals surface area contributed by atoms with Gasteiger partial charge in [0.05, 0.1) is 5.56 Å². The number of benzene rings is 3. The van der Waals surface area contributed by atoms with Crippen molar-refractivity contribution in [2.24, 2.45) is 0 Å². The van der Waals surface area contributed by atoms with Crippen LogP contribution in [0, 0.1) is 13.8 Å². The van der Waals surface area contributed by atoms with Crippen molar-refractivity contribution in [2.75, 3.05) is 26.2 Å². The molecule has 0 unspecified atom stereocenters. The molecule has 4 rings (SSSR count). The van der Waals surface area contributed by atoms with Crippen LogP contribution in [0.4, 0.5) is 0 Å². The standard InChI is InChI=1S/C27H28N2O2/c1-20-11-13-22(14-12-20)26(30)24-9-5-6-10-25(24)27(31)29-17-15-28(16-18-29)19-23-8-4-3-7-21(23)2/h3-14H,15-19H2,1-2H3. The molecule has 0 N–H and O–H groups in total. The van der Waals surface area contributed by atoms with E-state index in [9.17, 15) is 9.59 Å². The fraction of sp³-hybridized carbons (Fsp3) is 0.259. The number of aryl methyl sites for hydroxylation is 2. The van der Waals surface area contributed by atoms with Crippen LogP contribution in [-0.2, 0) is 6.54 Å². The number of carbonyl (C=O) groups is 2. The third-order valence-electron chi connectivity index (χ3n) is 6.03. The zero-order chi connectivity index (χ0) is 21.8. The molecule has 1 aliphatic heterocycles. The summed E-state index contributed by atoms with van der Waals surface area (Å²) >= 11 is 0. The highest BCUT2D eigenvalue weighted by Gasteiger charge is 2.25. The Morgan fingerprint density at radius 2 is 1.35 bits per heavy atom. The average Bonchev–Trinajstić information content (AvgIpc) is 2.81. The topological polar surface area (TPSA) is 40.6 Å². The molecule has 3 aromatic carbocycles. The molecule has 0 radical (unpaired) electrons. The number of amides is 1. The van der Waals surface area contributed by atoms with Crippen LogP contribution in [0.25, 0.3) is 0 Å². The first-order valence-corrected chi connectivity index (χ1v) is 10.8. The molecular formula is C27H28N2O2. The maximum absolute atomic E-state index is 13.3. The van der Waals surface area contributed by atoms with Crippen molar-refractivity contribution in [3.63, 3.8) is 0 Å². The summed E-state index contributed by atoms with van der Waals surface area (Å²) in [6.45, 7) is 8.01. The number of nitrogens with zero attached hydrogens (tertiary/aromatic N) is 2. The minimum atomic E-state index is -0.109. The minimum absolute atomic E-state index is 0.0633. The maximum atomic E-state index is 13.3. The number of piperazine rings is 1. The van der Waals surface area contributed by atoms with Crippen molar-refractivity contribution < 1.29 is 9.59 Å². The van der Waals surface area contributed by atoms with Crippen LogP contribution in [0.5, 0.6) is 0 Å². The monoisotopic (exact) mass is 412 g/mol. The summed E-state index contributed by atoms with van der Waals surface area (Å²) in [5, 5.41) is 0. The Hall–Kier alpha value is -3.24. The largest absolute Gasteiger partial charge is 0.336 e. The third kappa shape index (κ3) is 4.75. The summed E-state index contributed by atoms with van der Waals surface area (Å²) in [4.78, 5) is 30.6. The zero-order valence-electron chi connectivity index (χ0n) is 18.2. The number of carbonyl (C=O) groups excluding carboxylic acids is 2. The van der Waals surface area contributed by atoms with E-state index in [4.69, 9.17) is 0 Å². The smallest absolute Gasteiger partial charge is 0.254 e. The Kier molecular flexibility index (Phi) is 6.28. The molecule has 0 bridgehead atoms. The van der Waals surface area contributed by atoms with E-state index in [2.05, 4.69) is 36.1 Å². The summed E-state index contributed by atoms with van der Waals surface area (Å²) < 4.78 is 0. The Labute approximate surface area is 184 Å². The lowest BCUT2D eigenvalue weighted by Gasteiger charge is -2.35. The third-order valence-corrected chi connectivity index (χ3v) is 6.03. The van der Waals surface area contributed by atoms with Crippen LogP contribution in [-0.4, -0.2) is 47.7 Å². The summed E-state index contributed by atoms with van der Waals surface area (Å²) in [7, 11) is 0. The van der Waals surface area contributed by atoms with E-state index < -0.39 is 0 Å². The van der Waals surface area contributed by atoms with Crippen molar-refractivity contribution in [1.29, 1.82) is 0 Å². The summed E-state index contributed by atoms with van der Waals surface area (Å²) in [6, 6.07) is 23.1. The molecule has 1 fully saturated rings. The van der Waals surface area contributed by atoms with E-state index >= 15 is 0 Å². The molecule has 1 amide bonds. The highest BCUT2D eigenvalue weighted by molar-refractivity contribution is 6.15. The minimum Gasteiger partial charge on any atom is -0.336 e. The van der Waals surface area contributed by atoms with E-state index in [0.717, 1.165) is 25.2 Å². The lowest BCUT2D eigenvalue weighted by atomic mass is 9.97. The predicted octanol–water partition coefficient (Wildman–Crippen LogP) is 4.49. The van der Waals surface area contributed by atoms with Gasteiger partial charge < -0.3 is 4.90 Å².